The monoisotopic (exact) mass is 364 g/mol. The van der Waals surface area contributed by atoms with Gasteiger partial charge in [0.25, 0.3) is 0 Å². The Labute approximate surface area is 163 Å². The van der Waals surface area contributed by atoms with Gasteiger partial charge in [0.2, 0.25) is 0 Å². The average molecular weight is 365 g/mol. The Bertz CT molecular complexity index is 768. The van der Waals surface area contributed by atoms with E-state index in [4.69, 9.17) is 0 Å². The normalized spacial score (nSPS) is 19.3. The fourth-order valence-electron chi connectivity index (χ4n) is 5.19. The summed E-state index contributed by atoms with van der Waals surface area (Å²) in [6, 6.07) is 12.3. The predicted octanol–water partition coefficient (Wildman–Crippen LogP) is 6.78. The molecule has 2 aliphatic rings. The highest BCUT2D eigenvalue weighted by Crippen LogP contribution is 2.40. The fourth-order valence-corrected chi connectivity index (χ4v) is 5.19. The standard InChI is InChI=1S/C25H32O2/c26-23-16-18(15-22(17-23)19-8-3-1-4-9-19)14-21-12-7-13-24(25(21)27)20-10-5-2-6-11-20/h7,12-13,15-17,19-20,26-27H,1-6,8-11,14H2. The summed E-state index contributed by atoms with van der Waals surface area (Å²) >= 11 is 0. The summed E-state index contributed by atoms with van der Waals surface area (Å²) in [5.74, 6) is 1.91. The van der Waals surface area contributed by atoms with Gasteiger partial charge in [-0.15, -0.1) is 0 Å². The van der Waals surface area contributed by atoms with Crippen LogP contribution in [0, 0.1) is 0 Å². The Morgan fingerprint density at radius 1 is 0.741 bits per heavy atom. The first-order valence-corrected chi connectivity index (χ1v) is 10.8. The van der Waals surface area contributed by atoms with Crippen LogP contribution in [0.3, 0.4) is 0 Å². The van der Waals surface area contributed by atoms with Crippen LogP contribution in [0.2, 0.25) is 0 Å². The molecule has 2 saturated carbocycles. The van der Waals surface area contributed by atoms with E-state index in [-0.39, 0.29) is 0 Å². The molecule has 0 aromatic heterocycles. The number of rotatable bonds is 4. The van der Waals surface area contributed by atoms with Crippen LogP contribution in [-0.4, -0.2) is 10.2 Å². The van der Waals surface area contributed by atoms with Crippen LogP contribution in [0.4, 0.5) is 0 Å². The largest absolute Gasteiger partial charge is 0.508 e. The number of hydrogen-bond donors (Lipinski definition) is 2. The molecule has 0 amide bonds. The summed E-state index contributed by atoms with van der Waals surface area (Å²) < 4.78 is 0. The van der Waals surface area contributed by atoms with Crippen LogP contribution >= 0.6 is 0 Å². The lowest BCUT2D eigenvalue weighted by molar-refractivity contribution is 0.412. The molecule has 0 atom stereocenters. The first-order valence-electron chi connectivity index (χ1n) is 10.8. The molecule has 27 heavy (non-hydrogen) atoms. The predicted molar refractivity (Wildman–Crippen MR) is 111 cm³/mol. The molecule has 2 heteroatoms. The maximum Gasteiger partial charge on any atom is 0.122 e. The molecule has 2 nitrogen and oxygen atoms in total. The van der Waals surface area contributed by atoms with Crippen molar-refractivity contribution in [1.82, 2.24) is 0 Å². The highest BCUT2D eigenvalue weighted by atomic mass is 16.3. The van der Waals surface area contributed by atoms with Crippen molar-refractivity contribution in [2.24, 2.45) is 0 Å². The minimum absolute atomic E-state index is 0.357. The van der Waals surface area contributed by atoms with Crippen molar-refractivity contribution < 1.29 is 10.2 Å². The molecule has 0 unspecified atom stereocenters. The van der Waals surface area contributed by atoms with Gasteiger partial charge in [0.15, 0.2) is 0 Å². The Morgan fingerprint density at radius 2 is 1.41 bits per heavy atom. The molecule has 0 heterocycles. The van der Waals surface area contributed by atoms with Crippen molar-refractivity contribution in [2.45, 2.75) is 82.5 Å². The summed E-state index contributed by atoms with van der Waals surface area (Å²) in [5.41, 5.74) is 4.48. The van der Waals surface area contributed by atoms with E-state index in [1.54, 1.807) is 0 Å². The fraction of sp³-hybridized carbons (Fsp3) is 0.520. The van der Waals surface area contributed by atoms with Crippen LogP contribution in [0.5, 0.6) is 11.5 Å². The SMILES string of the molecule is Oc1cc(Cc2cccc(C3CCCCC3)c2O)cc(C2CCCCC2)c1. The first kappa shape index (κ1) is 18.4. The molecule has 2 N–H and O–H groups in total. The third-order valence-electron chi connectivity index (χ3n) is 6.67. The topological polar surface area (TPSA) is 40.5 Å². The van der Waals surface area contributed by atoms with Crippen LogP contribution in [0.25, 0.3) is 0 Å². The second-order valence-corrected chi connectivity index (χ2v) is 8.63. The summed E-state index contributed by atoms with van der Waals surface area (Å²) in [6.45, 7) is 0. The van der Waals surface area contributed by atoms with Gasteiger partial charge in [-0.1, -0.05) is 62.8 Å². The van der Waals surface area contributed by atoms with E-state index in [1.807, 2.05) is 18.2 Å². The van der Waals surface area contributed by atoms with E-state index in [1.165, 1.54) is 69.8 Å². The zero-order chi connectivity index (χ0) is 18.6. The van der Waals surface area contributed by atoms with Gasteiger partial charge in [-0.25, -0.2) is 0 Å². The van der Waals surface area contributed by atoms with Crippen molar-refractivity contribution in [3.8, 4) is 11.5 Å². The van der Waals surface area contributed by atoms with Gasteiger partial charge in [-0.05, 0) is 71.9 Å². The third-order valence-corrected chi connectivity index (χ3v) is 6.67. The molecule has 4 rings (SSSR count). The molecule has 0 radical (unpaired) electrons. The van der Waals surface area contributed by atoms with Crippen LogP contribution in [-0.2, 0) is 6.42 Å². The molecule has 2 aromatic carbocycles. The number of aromatic hydroxyl groups is 2. The van der Waals surface area contributed by atoms with Crippen molar-refractivity contribution in [3.05, 3.63) is 58.7 Å². The summed E-state index contributed by atoms with van der Waals surface area (Å²) in [4.78, 5) is 0. The maximum absolute atomic E-state index is 10.9. The molecule has 0 spiro atoms. The number of phenolic OH excluding ortho intramolecular Hbond substituents is 2. The van der Waals surface area contributed by atoms with Crippen molar-refractivity contribution >= 4 is 0 Å². The quantitative estimate of drug-likeness (QED) is 0.627. The minimum atomic E-state index is 0.357. The molecule has 2 aromatic rings. The number of hydrogen-bond acceptors (Lipinski definition) is 2. The molecular formula is C25H32O2. The number of phenols is 2. The number of benzene rings is 2. The van der Waals surface area contributed by atoms with Gasteiger partial charge in [-0.3, -0.25) is 0 Å². The maximum atomic E-state index is 10.9. The van der Waals surface area contributed by atoms with E-state index < -0.39 is 0 Å². The Kier molecular flexibility index (Phi) is 5.71. The first-order chi connectivity index (χ1) is 13.2. The van der Waals surface area contributed by atoms with Crippen LogP contribution in [0.1, 0.15) is 98.3 Å². The average Bonchev–Trinajstić information content (AvgIpc) is 2.70. The van der Waals surface area contributed by atoms with E-state index >= 15 is 0 Å². The lowest BCUT2D eigenvalue weighted by Gasteiger charge is -2.24. The van der Waals surface area contributed by atoms with Crippen molar-refractivity contribution in [1.29, 1.82) is 0 Å². The molecule has 2 aliphatic carbocycles. The summed E-state index contributed by atoms with van der Waals surface area (Å²) in [5, 5.41) is 21.2. The van der Waals surface area contributed by atoms with Crippen molar-refractivity contribution in [3.63, 3.8) is 0 Å². The minimum Gasteiger partial charge on any atom is -0.508 e. The summed E-state index contributed by atoms with van der Waals surface area (Å²) in [7, 11) is 0. The van der Waals surface area contributed by atoms with Crippen LogP contribution < -0.4 is 0 Å². The third kappa shape index (κ3) is 4.31. The van der Waals surface area contributed by atoms with E-state index in [0.717, 1.165) is 16.7 Å². The van der Waals surface area contributed by atoms with Gasteiger partial charge in [0.05, 0.1) is 0 Å². The number of para-hydroxylation sites is 1. The van der Waals surface area contributed by atoms with Crippen molar-refractivity contribution in [2.75, 3.05) is 0 Å². The van der Waals surface area contributed by atoms with E-state index in [2.05, 4.69) is 18.2 Å². The lowest BCUT2D eigenvalue weighted by atomic mass is 9.82. The highest BCUT2D eigenvalue weighted by Gasteiger charge is 2.21. The molecular weight excluding hydrogens is 332 g/mol. The molecule has 2 fully saturated rings. The second kappa shape index (κ2) is 8.37. The highest BCUT2D eigenvalue weighted by molar-refractivity contribution is 5.46. The molecule has 144 valence electrons. The Balaban J connectivity index is 1.57. The van der Waals surface area contributed by atoms with Gasteiger partial charge in [-0.2, -0.15) is 0 Å². The Morgan fingerprint density at radius 3 is 2.11 bits per heavy atom. The van der Waals surface area contributed by atoms with Gasteiger partial charge in [0, 0.05) is 6.42 Å². The van der Waals surface area contributed by atoms with E-state index in [9.17, 15) is 10.2 Å². The molecule has 0 bridgehead atoms. The van der Waals surface area contributed by atoms with Gasteiger partial charge in [0.1, 0.15) is 11.5 Å². The Hall–Kier alpha value is -1.96. The van der Waals surface area contributed by atoms with E-state index in [0.29, 0.717) is 29.8 Å². The lowest BCUT2D eigenvalue weighted by Crippen LogP contribution is -2.06. The van der Waals surface area contributed by atoms with Gasteiger partial charge < -0.3 is 10.2 Å². The second-order valence-electron chi connectivity index (χ2n) is 8.63. The van der Waals surface area contributed by atoms with Gasteiger partial charge >= 0.3 is 0 Å². The zero-order valence-corrected chi connectivity index (χ0v) is 16.3. The summed E-state index contributed by atoms with van der Waals surface area (Å²) in [6.07, 6.45) is 13.3. The zero-order valence-electron chi connectivity index (χ0n) is 16.3. The smallest absolute Gasteiger partial charge is 0.122 e. The molecule has 0 saturated heterocycles. The van der Waals surface area contributed by atoms with Crippen LogP contribution in [0.15, 0.2) is 36.4 Å². The molecule has 0 aliphatic heterocycles.